The summed E-state index contributed by atoms with van der Waals surface area (Å²) in [5.74, 6) is -2.40. The molecule has 0 saturated carbocycles. The first-order valence-electron chi connectivity index (χ1n) is 13.9. The van der Waals surface area contributed by atoms with E-state index in [1.165, 1.54) is 37.4 Å². The van der Waals surface area contributed by atoms with E-state index in [9.17, 15) is 28.7 Å². The highest BCUT2D eigenvalue weighted by Gasteiger charge is 2.34. The van der Waals surface area contributed by atoms with Gasteiger partial charge in [-0.1, -0.05) is 12.1 Å². The number of carbonyl (C=O) groups is 4. The van der Waals surface area contributed by atoms with Crippen molar-refractivity contribution in [3.63, 3.8) is 0 Å². The van der Waals surface area contributed by atoms with Crippen molar-refractivity contribution in [3.05, 3.63) is 94.8 Å². The van der Waals surface area contributed by atoms with Gasteiger partial charge >= 0.3 is 12.1 Å². The van der Waals surface area contributed by atoms with Gasteiger partial charge in [0.05, 0.1) is 42.6 Å². The Bertz CT molecular complexity index is 1590. The lowest BCUT2D eigenvalue weighted by atomic mass is 10.0. The number of hydrogen-bond acceptors (Lipinski definition) is 7. The molecule has 3 amide bonds. The molecule has 3 atom stereocenters. The molecule has 1 saturated heterocycles. The van der Waals surface area contributed by atoms with Gasteiger partial charge in [-0.2, -0.15) is 5.26 Å². The fourth-order valence-electron chi connectivity index (χ4n) is 5.15. The van der Waals surface area contributed by atoms with Gasteiger partial charge in [0.15, 0.2) is 0 Å². The number of methoxy groups -OCH3 is 1. The van der Waals surface area contributed by atoms with Crippen LogP contribution in [0.3, 0.4) is 0 Å². The number of piperazine rings is 1. The zero-order chi connectivity index (χ0) is 32.0. The number of nitrogens with one attached hydrogen (secondary N) is 2. The maximum absolute atomic E-state index is 13.4. The molecule has 0 bridgehead atoms. The van der Waals surface area contributed by atoms with Crippen molar-refractivity contribution in [2.75, 3.05) is 30.4 Å². The van der Waals surface area contributed by atoms with Crippen molar-refractivity contribution < 1.29 is 33.4 Å². The number of carbonyl (C=O) groups excluding carboxylic acids is 3. The van der Waals surface area contributed by atoms with E-state index in [0.717, 1.165) is 0 Å². The zero-order valence-electron chi connectivity index (χ0n) is 24.4. The van der Waals surface area contributed by atoms with Gasteiger partial charge in [-0.05, 0) is 74.0 Å². The minimum atomic E-state index is -1.15. The average Bonchev–Trinajstić information content (AvgIpc) is 3.01. The smallest absolute Gasteiger partial charge is 0.411 e. The van der Waals surface area contributed by atoms with Gasteiger partial charge < -0.3 is 25.0 Å². The normalized spacial score (nSPS) is 16.8. The quantitative estimate of drug-likeness (QED) is 0.340. The molecule has 3 aromatic rings. The van der Waals surface area contributed by atoms with Gasteiger partial charge in [0.2, 0.25) is 0 Å². The van der Waals surface area contributed by atoms with Crippen molar-refractivity contribution in [1.82, 2.24) is 10.2 Å². The molecule has 0 aromatic heterocycles. The number of benzene rings is 3. The Morgan fingerprint density at radius 3 is 2.27 bits per heavy atom. The molecular weight excluding hydrogens is 569 g/mol. The molecule has 11 nitrogen and oxygen atoms in total. The lowest BCUT2D eigenvalue weighted by Crippen LogP contribution is -2.58. The predicted molar refractivity (Wildman–Crippen MR) is 160 cm³/mol. The van der Waals surface area contributed by atoms with Crippen LogP contribution in [0.1, 0.15) is 58.2 Å². The first kappa shape index (κ1) is 31.5. The monoisotopic (exact) mass is 601 g/mol. The summed E-state index contributed by atoms with van der Waals surface area (Å²) in [5.41, 5.74) is 2.38. The van der Waals surface area contributed by atoms with Crippen LogP contribution in [-0.4, -0.2) is 66.2 Å². The largest absolute Gasteiger partial charge is 0.481 e. The highest BCUT2D eigenvalue weighted by molar-refractivity contribution is 5.99. The Kier molecular flexibility index (Phi) is 9.80. The second-order valence-electron chi connectivity index (χ2n) is 10.5. The fourth-order valence-corrected chi connectivity index (χ4v) is 5.15. The summed E-state index contributed by atoms with van der Waals surface area (Å²) in [6.45, 7) is 4.63. The number of carboxylic acid groups (broad SMARTS) is 1. The predicted octanol–water partition coefficient (Wildman–Crippen LogP) is 4.56. The summed E-state index contributed by atoms with van der Waals surface area (Å²) in [7, 11) is 1.21. The highest BCUT2D eigenvalue weighted by atomic mass is 19.1. The molecule has 1 aliphatic rings. The third-order valence-corrected chi connectivity index (χ3v) is 7.45. The van der Waals surface area contributed by atoms with Gasteiger partial charge in [0, 0.05) is 36.3 Å². The number of amides is 3. The number of hydrogen-bond donors (Lipinski definition) is 3. The van der Waals surface area contributed by atoms with Crippen LogP contribution in [0.2, 0.25) is 0 Å². The van der Waals surface area contributed by atoms with E-state index < -0.39 is 36.2 Å². The van der Waals surface area contributed by atoms with E-state index in [1.807, 2.05) is 24.8 Å². The Morgan fingerprint density at radius 2 is 1.66 bits per heavy atom. The van der Waals surface area contributed by atoms with Crippen LogP contribution in [0.15, 0.2) is 66.7 Å². The van der Waals surface area contributed by atoms with E-state index in [4.69, 9.17) is 10.00 Å². The molecule has 3 N–H and O–H groups in total. The number of aliphatic carboxylic acids is 1. The third-order valence-electron chi connectivity index (χ3n) is 7.45. The molecule has 0 radical (unpaired) electrons. The van der Waals surface area contributed by atoms with E-state index in [0.29, 0.717) is 35.5 Å². The minimum absolute atomic E-state index is 0.146. The molecule has 12 heteroatoms. The number of ether oxygens (including phenoxy) is 1. The SMILES string of the molecule is COC(=O)Nc1cc(C(=O)NC(CC(=O)O)c2ccc(F)cc2)ccc1N1CC(C)N(C(=O)c2ccc(C#N)cc2)CC1C. The van der Waals surface area contributed by atoms with Crippen LogP contribution in [0.5, 0.6) is 0 Å². The highest BCUT2D eigenvalue weighted by Crippen LogP contribution is 2.33. The maximum Gasteiger partial charge on any atom is 0.411 e. The van der Waals surface area contributed by atoms with Crippen LogP contribution in [-0.2, 0) is 9.53 Å². The van der Waals surface area contributed by atoms with Crippen LogP contribution in [0.4, 0.5) is 20.6 Å². The van der Waals surface area contributed by atoms with E-state index >= 15 is 0 Å². The lowest BCUT2D eigenvalue weighted by Gasteiger charge is -2.45. The summed E-state index contributed by atoms with van der Waals surface area (Å²) in [4.78, 5) is 54.1. The van der Waals surface area contributed by atoms with Crippen LogP contribution < -0.4 is 15.5 Å². The molecular formula is C32H32FN5O6. The average molecular weight is 602 g/mol. The first-order valence-corrected chi connectivity index (χ1v) is 13.9. The van der Waals surface area contributed by atoms with Gasteiger partial charge in [-0.3, -0.25) is 19.7 Å². The summed E-state index contributed by atoms with van der Waals surface area (Å²) in [6, 6.07) is 17.0. The van der Waals surface area contributed by atoms with Gasteiger partial charge in [-0.15, -0.1) is 0 Å². The van der Waals surface area contributed by atoms with Crippen molar-refractivity contribution >= 4 is 35.3 Å². The minimum Gasteiger partial charge on any atom is -0.481 e. The van der Waals surface area contributed by atoms with Gasteiger partial charge in [0.1, 0.15) is 5.82 Å². The molecule has 3 aromatic carbocycles. The second kappa shape index (κ2) is 13.7. The Morgan fingerprint density at radius 1 is 1.00 bits per heavy atom. The number of rotatable bonds is 8. The van der Waals surface area contributed by atoms with Crippen LogP contribution >= 0.6 is 0 Å². The van der Waals surface area contributed by atoms with Crippen molar-refractivity contribution in [1.29, 1.82) is 5.26 Å². The fraction of sp³-hybridized carbons (Fsp3) is 0.281. The molecule has 44 heavy (non-hydrogen) atoms. The standard InChI is InChI=1S/C32H32FN5O6/c1-19-18-38(31(42)23-6-4-21(16-34)5-7-23)20(2)17-37(19)28-13-10-24(14-27(28)36-32(43)44-3)30(41)35-26(15-29(39)40)22-8-11-25(33)12-9-22/h4-14,19-20,26H,15,17-18H2,1-3H3,(H,35,41)(H,36,43)(H,39,40). The van der Waals surface area contributed by atoms with Crippen molar-refractivity contribution in [3.8, 4) is 6.07 Å². The maximum atomic E-state index is 13.4. The van der Waals surface area contributed by atoms with Gasteiger partial charge in [0.25, 0.3) is 11.8 Å². The van der Waals surface area contributed by atoms with Crippen molar-refractivity contribution in [2.45, 2.75) is 38.4 Å². The number of halogens is 1. The van der Waals surface area contributed by atoms with E-state index in [2.05, 4.69) is 10.6 Å². The number of carboxylic acids is 1. The second-order valence-corrected chi connectivity index (χ2v) is 10.5. The summed E-state index contributed by atoms with van der Waals surface area (Å²) < 4.78 is 18.2. The summed E-state index contributed by atoms with van der Waals surface area (Å²) >= 11 is 0. The lowest BCUT2D eigenvalue weighted by molar-refractivity contribution is -0.137. The molecule has 1 aliphatic heterocycles. The summed E-state index contributed by atoms with van der Waals surface area (Å²) in [6.07, 6.45) is -1.18. The first-order chi connectivity index (χ1) is 21.0. The summed E-state index contributed by atoms with van der Waals surface area (Å²) in [5, 5.41) is 23.8. The molecule has 1 heterocycles. The van der Waals surface area contributed by atoms with E-state index in [1.54, 1.807) is 41.3 Å². The van der Waals surface area contributed by atoms with E-state index in [-0.39, 0.29) is 29.2 Å². The molecule has 0 spiro atoms. The molecule has 0 aliphatic carbocycles. The Hall–Kier alpha value is -5.44. The third kappa shape index (κ3) is 7.30. The molecule has 3 unspecified atom stereocenters. The molecule has 228 valence electrons. The van der Waals surface area contributed by atoms with Gasteiger partial charge in [-0.25, -0.2) is 9.18 Å². The molecule has 1 fully saturated rings. The zero-order valence-corrected chi connectivity index (χ0v) is 24.4. The van der Waals surface area contributed by atoms with Crippen LogP contribution in [0, 0.1) is 17.1 Å². The topological polar surface area (TPSA) is 152 Å². The van der Waals surface area contributed by atoms with Crippen LogP contribution in [0.25, 0.3) is 0 Å². The number of nitriles is 1. The van der Waals surface area contributed by atoms with Crippen molar-refractivity contribution in [2.24, 2.45) is 0 Å². The Balaban J connectivity index is 1.58. The molecule has 4 rings (SSSR count). The number of anilines is 2. The number of nitrogens with zero attached hydrogens (tertiary/aromatic N) is 3. The Labute approximate surface area is 253 Å².